The van der Waals surface area contributed by atoms with E-state index in [1.165, 1.54) is 0 Å². The maximum Gasteiger partial charge on any atom is 0.244 e. The van der Waals surface area contributed by atoms with Crippen LogP contribution in [0.1, 0.15) is 18.7 Å². The zero-order valence-corrected chi connectivity index (χ0v) is 12.7. The Kier molecular flexibility index (Phi) is 5.39. The van der Waals surface area contributed by atoms with Gasteiger partial charge < -0.3 is 10.1 Å². The van der Waals surface area contributed by atoms with Crippen LogP contribution in [0.3, 0.4) is 0 Å². The zero-order valence-electron chi connectivity index (χ0n) is 11.9. The molecule has 0 aliphatic carbocycles. The molecule has 0 aromatic carbocycles. The van der Waals surface area contributed by atoms with E-state index < -0.39 is 0 Å². The van der Waals surface area contributed by atoms with Gasteiger partial charge in [0.2, 0.25) is 5.91 Å². The molecule has 6 nitrogen and oxygen atoms in total. The van der Waals surface area contributed by atoms with E-state index in [2.05, 4.69) is 15.3 Å². The number of ether oxygens (including phenoxy) is 1. The summed E-state index contributed by atoms with van der Waals surface area (Å²) in [4.78, 5) is 14.3. The lowest BCUT2D eigenvalue weighted by molar-refractivity contribution is -0.124. The second-order valence-corrected chi connectivity index (χ2v) is 5.37. The fraction of sp³-hybridized carbons (Fsp3) is 0.692. The van der Waals surface area contributed by atoms with Crippen molar-refractivity contribution in [3.8, 4) is 0 Å². The monoisotopic (exact) mass is 300 g/mol. The average Bonchev–Trinajstić information content (AvgIpc) is 2.79. The molecular weight excluding hydrogens is 280 g/mol. The van der Waals surface area contributed by atoms with E-state index in [1.807, 2.05) is 13.8 Å². The summed E-state index contributed by atoms with van der Waals surface area (Å²) in [5.41, 5.74) is 0.736. The first kappa shape index (κ1) is 15.3. The third kappa shape index (κ3) is 3.94. The summed E-state index contributed by atoms with van der Waals surface area (Å²) < 4.78 is 6.88. The summed E-state index contributed by atoms with van der Waals surface area (Å²) >= 11 is 5.95. The van der Waals surface area contributed by atoms with Gasteiger partial charge in [0.1, 0.15) is 6.04 Å². The molecule has 2 rings (SSSR count). The summed E-state index contributed by atoms with van der Waals surface area (Å²) in [5.74, 6) is -0.0440. The smallest absolute Gasteiger partial charge is 0.244 e. The number of halogens is 1. The minimum absolute atomic E-state index is 0.0440. The van der Waals surface area contributed by atoms with Crippen molar-refractivity contribution in [3.63, 3.8) is 0 Å². The highest BCUT2D eigenvalue weighted by molar-refractivity contribution is 6.31. The molecule has 1 saturated heterocycles. The van der Waals surface area contributed by atoms with Gasteiger partial charge in [-0.2, -0.15) is 5.10 Å². The van der Waals surface area contributed by atoms with E-state index >= 15 is 0 Å². The Morgan fingerprint density at radius 2 is 2.25 bits per heavy atom. The highest BCUT2D eigenvalue weighted by Crippen LogP contribution is 2.15. The SMILES string of the molecule is Cc1nn(C(C)C(=O)NCCN2CCOCC2)cc1Cl. The van der Waals surface area contributed by atoms with E-state index in [1.54, 1.807) is 10.9 Å². The first-order chi connectivity index (χ1) is 9.58. The number of morpholine rings is 1. The van der Waals surface area contributed by atoms with Crippen molar-refractivity contribution in [1.82, 2.24) is 20.0 Å². The molecule has 1 aromatic rings. The van der Waals surface area contributed by atoms with E-state index in [-0.39, 0.29) is 11.9 Å². The fourth-order valence-electron chi connectivity index (χ4n) is 2.09. The largest absolute Gasteiger partial charge is 0.379 e. The van der Waals surface area contributed by atoms with Crippen LogP contribution in [0.2, 0.25) is 5.02 Å². The molecule has 112 valence electrons. The molecule has 1 aromatic heterocycles. The van der Waals surface area contributed by atoms with E-state index in [0.717, 1.165) is 38.5 Å². The molecule has 1 N–H and O–H groups in total. The minimum atomic E-state index is -0.356. The summed E-state index contributed by atoms with van der Waals surface area (Å²) in [7, 11) is 0. The third-order valence-corrected chi connectivity index (χ3v) is 3.84. The number of aryl methyl sites for hydroxylation is 1. The van der Waals surface area contributed by atoms with Crippen LogP contribution in [-0.2, 0) is 9.53 Å². The summed E-state index contributed by atoms with van der Waals surface area (Å²) in [6.07, 6.45) is 1.68. The lowest BCUT2D eigenvalue weighted by atomic mass is 10.3. The Bertz CT molecular complexity index is 438. The molecule has 0 radical (unpaired) electrons. The summed E-state index contributed by atoms with van der Waals surface area (Å²) in [6, 6.07) is -0.356. The van der Waals surface area contributed by atoms with Crippen LogP contribution in [0.4, 0.5) is 0 Å². The predicted octanol–water partition coefficient (Wildman–Crippen LogP) is 0.854. The molecule has 0 bridgehead atoms. The number of hydrogen-bond acceptors (Lipinski definition) is 4. The number of hydrogen-bond donors (Lipinski definition) is 1. The normalized spacial score (nSPS) is 17.9. The van der Waals surface area contributed by atoms with Gasteiger partial charge in [0.05, 0.1) is 23.9 Å². The minimum Gasteiger partial charge on any atom is -0.379 e. The predicted molar refractivity (Wildman–Crippen MR) is 77.0 cm³/mol. The lowest BCUT2D eigenvalue weighted by Gasteiger charge is -2.26. The Labute approximate surface area is 124 Å². The maximum atomic E-state index is 12.0. The van der Waals surface area contributed by atoms with Crippen molar-refractivity contribution in [2.24, 2.45) is 0 Å². The van der Waals surface area contributed by atoms with Crippen molar-refractivity contribution in [1.29, 1.82) is 0 Å². The van der Waals surface area contributed by atoms with Crippen LogP contribution in [0.5, 0.6) is 0 Å². The number of carbonyl (C=O) groups is 1. The molecule has 1 aliphatic heterocycles. The molecule has 1 amide bonds. The molecule has 1 atom stereocenters. The highest BCUT2D eigenvalue weighted by atomic mass is 35.5. The van der Waals surface area contributed by atoms with Gasteiger partial charge in [0, 0.05) is 32.4 Å². The Balaban J connectivity index is 1.76. The van der Waals surface area contributed by atoms with Gasteiger partial charge in [-0.1, -0.05) is 11.6 Å². The fourth-order valence-corrected chi connectivity index (χ4v) is 2.23. The van der Waals surface area contributed by atoms with Gasteiger partial charge in [0.25, 0.3) is 0 Å². The van der Waals surface area contributed by atoms with Crippen molar-refractivity contribution >= 4 is 17.5 Å². The number of aromatic nitrogens is 2. The van der Waals surface area contributed by atoms with Crippen LogP contribution in [0.25, 0.3) is 0 Å². The van der Waals surface area contributed by atoms with Crippen LogP contribution in [0.15, 0.2) is 6.20 Å². The van der Waals surface area contributed by atoms with Gasteiger partial charge >= 0.3 is 0 Å². The van der Waals surface area contributed by atoms with Crippen molar-refractivity contribution < 1.29 is 9.53 Å². The summed E-state index contributed by atoms with van der Waals surface area (Å²) in [5, 5.41) is 7.74. The number of nitrogens with one attached hydrogen (secondary N) is 1. The lowest BCUT2D eigenvalue weighted by Crippen LogP contribution is -2.42. The van der Waals surface area contributed by atoms with Crippen LogP contribution >= 0.6 is 11.6 Å². The topological polar surface area (TPSA) is 59.4 Å². The van der Waals surface area contributed by atoms with Crippen LogP contribution in [-0.4, -0.2) is 60.0 Å². The van der Waals surface area contributed by atoms with Gasteiger partial charge in [-0.3, -0.25) is 14.4 Å². The van der Waals surface area contributed by atoms with Crippen molar-refractivity contribution in [2.75, 3.05) is 39.4 Å². The first-order valence-corrected chi connectivity index (χ1v) is 7.25. The summed E-state index contributed by atoms with van der Waals surface area (Å²) in [6.45, 7) is 8.52. The van der Waals surface area contributed by atoms with E-state index in [0.29, 0.717) is 11.6 Å². The number of nitrogens with zero attached hydrogens (tertiary/aromatic N) is 3. The van der Waals surface area contributed by atoms with Crippen LogP contribution < -0.4 is 5.32 Å². The maximum absolute atomic E-state index is 12.0. The van der Waals surface area contributed by atoms with Gasteiger partial charge in [0.15, 0.2) is 0 Å². The van der Waals surface area contributed by atoms with Crippen LogP contribution in [0, 0.1) is 6.92 Å². The highest BCUT2D eigenvalue weighted by Gasteiger charge is 2.17. The second kappa shape index (κ2) is 7.06. The van der Waals surface area contributed by atoms with Crippen molar-refractivity contribution in [2.45, 2.75) is 19.9 Å². The molecule has 1 fully saturated rings. The molecule has 0 spiro atoms. The average molecular weight is 301 g/mol. The molecule has 2 heterocycles. The molecular formula is C13H21ClN4O2. The molecule has 7 heteroatoms. The Morgan fingerprint density at radius 1 is 1.55 bits per heavy atom. The standard InChI is InChI=1S/C13H21ClN4O2/c1-10-12(14)9-18(16-10)11(2)13(19)15-3-4-17-5-7-20-8-6-17/h9,11H,3-8H2,1-2H3,(H,15,19). The van der Waals surface area contributed by atoms with Gasteiger partial charge in [-0.25, -0.2) is 0 Å². The molecule has 1 aliphatic rings. The zero-order chi connectivity index (χ0) is 14.5. The Hall–Kier alpha value is -1.11. The first-order valence-electron chi connectivity index (χ1n) is 6.87. The van der Waals surface area contributed by atoms with Gasteiger partial charge in [-0.05, 0) is 13.8 Å². The van der Waals surface area contributed by atoms with E-state index in [9.17, 15) is 4.79 Å². The molecule has 1 unspecified atom stereocenters. The van der Waals surface area contributed by atoms with Gasteiger partial charge in [-0.15, -0.1) is 0 Å². The number of carbonyl (C=O) groups excluding carboxylic acids is 1. The number of rotatable bonds is 5. The molecule has 20 heavy (non-hydrogen) atoms. The third-order valence-electron chi connectivity index (χ3n) is 3.46. The van der Waals surface area contributed by atoms with Crippen molar-refractivity contribution in [3.05, 3.63) is 16.9 Å². The van der Waals surface area contributed by atoms with E-state index in [4.69, 9.17) is 16.3 Å². The number of amides is 1. The Morgan fingerprint density at radius 3 is 2.85 bits per heavy atom. The second-order valence-electron chi connectivity index (χ2n) is 4.96. The quantitative estimate of drug-likeness (QED) is 0.876. The molecule has 0 saturated carbocycles.